The molecule has 0 saturated carbocycles. The fourth-order valence-corrected chi connectivity index (χ4v) is 3.12. The van der Waals surface area contributed by atoms with Crippen molar-refractivity contribution in [2.75, 3.05) is 19.6 Å². The molecule has 0 aromatic rings. The summed E-state index contributed by atoms with van der Waals surface area (Å²) in [4.78, 5) is 13.4. The second kappa shape index (κ2) is 9.42. The van der Waals surface area contributed by atoms with E-state index in [0.29, 0.717) is 24.4 Å². The highest BCUT2D eigenvalue weighted by atomic mass is 16.4. The number of aliphatic carboxylic acids is 1. The van der Waals surface area contributed by atoms with Crippen LogP contribution in [0.2, 0.25) is 0 Å². The first-order valence-corrected chi connectivity index (χ1v) is 8.61. The Labute approximate surface area is 130 Å². The van der Waals surface area contributed by atoms with E-state index in [1.165, 1.54) is 6.42 Å². The monoisotopic (exact) mass is 298 g/mol. The molecule has 0 aromatic carbocycles. The molecule has 1 aliphatic heterocycles. The van der Waals surface area contributed by atoms with Gasteiger partial charge >= 0.3 is 5.97 Å². The first-order chi connectivity index (χ1) is 9.92. The number of hydrogen-bond acceptors (Lipinski definition) is 3. The molecule has 1 aliphatic rings. The molecule has 3 atom stereocenters. The van der Waals surface area contributed by atoms with E-state index in [1.807, 2.05) is 0 Å². The largest absolute Gasteiger partial charge is 0.481 e. The van der Waals surface area contributed by atoms with Crippen molar-refractivity contribution in [2.24, 2.45) is 11.8 Å². The highest BCUT2D eigenvalue weighted by molar-refractivity contribution is 5.66. The van der Waals surface area contributed by atoms with E-state index in [4.69, 9.17) is 5.11 Å². The van der Waals surface area contributed by atoms with Crippen LogP contribution in [0.4, 0.5) is 0 Å². The van der Waals surface area contributed by atoms with Crippen LogP contribution in [0, 0.1) is 11.8 Å². The second-order valence-electron chi connectivity index (χ2n) is 7.08. The van der Waals surface area contributed by atoms with Crippen molar-refractivity contribution < 1.29 is 9.90 Å². The third-order valence-corrected chi connectivity index (χ3v) is 4.70. The Hall–Kier alpha value is -0.610. The maximum atomic E-state index is 10.8. The number of carboxylic acids is 1. The van der Waals surface area contributed by atoms with Gasteiger partial charge in [-0.1, -0.05) is 20.8 Å². The van der Waals surface area contributed by atoms with Crippen LogP contribution in [-0.2, 0) is 4.79 Å². The fourth-order valence-electron chi connectivity index (χ4n) is 3.12. The minimum Gasteiger partial charge on any atom is -0.481 e. The molecule has 2 N–H and O–H groups in total. The van der Waals surface area contributed by atoms with Gasteiger partial charge in [-0.25, -0.2) is 0 Å². The first kappa shape index (κ1) is 18.4. The molecule has 4 heteroatoms. The molecule has 1 fully saturated rings. The predicted octanol–water partition coefficient (Wildman–Crippen LogP) is 2.98. The zero-order chi connectivity index (χ0) is 15.8. The van der Waals surface area contributed by atoms with E-state index in [1.54, 1.807) is 0 Å². The Balaban J connectivity index is 2.50. The van der Waals surface area contributed by atoms with E-state index < -0.39 is 5.97 Å². The highest BCUT2D eigenvalue weighted by Gasteiger charge is 2.29. The maximum absolute atomic E-state index is 10.8. The van der Waals surface area contributed by atoms with Crippen LogP contribution in [0.15, 0.2) is 0 Å². The molecule has 1 rings (SSSR count). The smallest absolute Gasteiger partial charge is 0.303 e. The minimum absolute atomic E-state index is 0.303. The number of hydrogen-bond donors (Lipinski definition) is 2. The molecule has 0 aliphatic carbocycles. The Bertz CT molecular complexity index is 307. The lowest BCUT2D eigenvalue weighted by Gasteiger charge is -2.41. The molecule has 3 unspecified atom stereocenters. The average Bonchev–Trinajstić information content (AvgIpc) is 2.43. The average molecular weight is 298 g/mol. The number of carbonyl (C=O) groups is 1. The van der Waals surface area contributed by atoms with Crippen molar-refractivity contribution in [1.29, 1.82) is 0 Å². The normalized spacial score (nSPS) is 25.2. The molecule has 21 heavy (non-hydrogen) atoms. The molecule has 0 spiro atoms. The Kier molecular flexibility index (Phi) is 8.27. The van der Waals surface area contributed by atoms with Crippen molar-refractivity contribution in [3.05, 3.63) is 0 Å². The van der Waals surface area contributed by atoms with Gasteiger partial charge in [0.25, 0.3) is 0 Å². The molecule has 0 radical (unpaired) electrons. The zero-order valence-electron chi connectivity index (χ0n) is 14.3. The van der Waals surface area contributed by atoms with Crippen LogP contribution >= 0.6 is 0 Å². The molecule has 0 aromatic heterocycles. The summed E-state index contributed by atoms with van der Waals surface area (Å²) in [6.45, 7) is 12.3. The zero-order valence-corrected chi connectivity index (χ0v) is 14.3. The van der Waals surface area contributed by atoms with Gasteiger partial charge < -0.3 is 10.4 Å². The molecule has 1 heterocycles. The van der Waals surface area contributed by atoms with Gasteiger partial charge in [0.15, 0.2) is 0 Å². The summed E-state index contributed by atoms with van der Waals surface area (Å²) in [6.07, 6.45) is 4.60. The fraction of sp³-hybridized carbons (Fsp3) is 0.941. The van der Waals surface area contributed by atoms with E-state index in [0.717, 1.165) is 44.8 Å². The lowest BCUT2D eigenvalue weighted by atomic mass is 9.89. The first-order valence-electron chi connectivity index (χ1n) is 8.61. The SMILES string of the molecule is CCC(C)N1CC(CCC(=O)O)CC(NCCC(C)C)C1. The summed E-state index contributed by atoms with van der Waals surface area (Å²) in [5.74, 6) is 0.579. The second-order valence-corrected chi connectivity index (χ2v) is 7.08. The summed E-state index contributed by atoms with van der Waals surface area (Å²) >= 11 is 0. The summed E-state index contributed by atoms with van der Waals surface area (Å²) in [6, 6.07) is 1.11. The van der Waals surface area contributed by atoms with Crippen LogP contribution in [0.1, 0.15) is 59.8 Å². The number of carboxylic acid groups (broad SMARTS) is 1. The van der Waals surface area contributed by atoms with Gasteiger partial charge in [0, 0.05) is 31.6 Å². The van der Waals surface area contributed by atoms with Crippen LogP contribution in [0.5, 0.6) is 0 Å². The van der Waals surface area contributed by atoms with Crippen molar-refractivity contribution in [2.45, 2.75) is 71.9 Å². The minimum atomic E-state index is -0.667. The van der Waals surface area contributed by atoms with Crippen LogP contribution in [0.3, 0.4) is 0 Å². The van der Waals surface area contributed by atoms with E-state index in [-0.39, 0.29) is 0 Å². The van der Waals surface area contributed by atoms with Crippen LogP contribution in [0.25, 0.3) is 0 Å². The van der Waals surface area contributed by atoms with Crippen molar-refractivity contribution in [1.82, 2.24) is 10.2 Å². The number of nitrogens with one attached hydrogen (secondary N) is 1. The number of likely N-dealkylation sites (tertiary alicyclic amines) is 1. The topological polar surface area (TPSA) is 52.6 Å². The maximum Gasteiger partial charge on any atom is 0.303 e. The van der Waals surface area contributed by atoms with Crippen molar-refractivity contribution in [3.63, 3.8) is 0 Å². The summed E-state index contributed by atoms with van der Waals surface area (Å²) in [7, 11) is 0. The standard InChI is InChI=1S/C17H34N2O2/c1-5-14(4)19-11-15(6-7-17(20)21)10-16(12-19)18-9-8-13(2)3/h13-16,18H,5-12H2,1-4H3,(H,20,21). The quantitative estimate of drug-likeness (QED) is 0.687. The molecule has 124 valence electrons. The molecular formula is C17H34N2O2. The summed E-state index contributed by atoms with van der Waals surface area (Å²) in [5, 5.41) is 12.6. The summed E-state index contributed by atoms with van der Waals surface area (Å²) in [5.41, 5.74) is 0. The van der Waals surface area contributed by atoms with E-state index in [2.05, 4.69) is 37.9 Å². The van der Waals surface area contributed by atoms with Gasteiger partial charge in [-0.15, -0.1) is 0 Å². The van der Waals surface area contributed by atoms with E-state index >= 15 is 0 Å². The van der Waals surface area contributed by atoms with Crippen LogP contribution in [-0.4, -0.2) is 47.7 Å². The number of rotatable bonds is 9. The Morgan fingerprint density at radius 3 is 2.62 bits per heavy atom. The Morgan fingerprint density at radius 2 is 2.05 bits per heavy atom. The third kappa shape index (κ3) is 7.28. The molecule has 4 nitrogen and oxygen atoms in total. The van der Waals surface area contributed by atoms with Gasteiger partial charge in [-0.3, -0.25) is 9.69 Å². The lowest BCUT2D eigenvalue weighted by molar-refractivity contribution is -0.137. The van der Waals surface area contributed by atoms with Crippen molar-refractivity contribution in [3.8, 4) is 0 Å². The van der Waals surface area contributed by atoms with Gasteiger partial charge in [-0.2, -0.15) is 0 Å². The molecule has 0 bridgehead atoms. The van der Waals surface area contributed by atoms with Crippen LogP contribution < -0.4 is 5.32 Å². The number of piperidine rings is 1. The number of nitrogens with zero attached hydrogens (tertiary/aromatic N) is 1. The molecule has 1 saturated heterocycles. The summed E-state index contributed by atoms with van der Waals surface area (Å²) < 4.78 is 0. The molecule has 0 amide bonds. The predicted molar refractivity (Wildman–Crippen MR) is 87.5 cm³/mol. The Morgan fingerprint density at radius 1 is 1.33 bits per heavy atom. The van der Waals surface area contributed by atoms with Gasteiger partial charge in [0.2, 0.25) is 0 Å². The lowest BCUT2D eigenvalue weighted by Crippen LogP contribution is -2.52. The van der Waals surface area contributed by atoms with Gasteiger partial charge in [0.1, 0.15) is 0 Å². The highest BCUT2D eigenvalue weighted by Crippen LogP contribution is 2.24. The van der Waals surface area contributed by atoms with Gasteiger partial charge in [0.05, 0.1) is 0 Å². The molecular weight excluding hydrogens is 264 g/mol. The third-order valence-electron chi connectivity index (χ3n) is 4.70. The van der Waals surface area contributed by atoms with Gasteiger partial charge in [-0.05, 0) is 51.0 Å². The van der Waals surface area contributed by atoms with E-state index in [9.17, 15) is 4.79 Å². The van der Waals surface area contributed by atoms with Crippen molar-refractivity contribution >= 4 is 5.97 Å².